The van der Waals surface area contributed by atoms with Crippen LogP contribution in [0.15, 0.2) is 33.0 Å². The van der Waals surface area contributed by atoms with Crippen molar-refractivity contribution in [3.05, 3.63) is 24.3 Å². The number of hydrogen-bond acceptors (Lipinski definition) is 5. The van der Waals surface area contributed by atoms with Crippen LogP contribution in [0.1, 0.15) is 0 Å². The van der Waals surface area contributed by atoms with E-state index in [-0.39, 0.29) is 5.69 Å². The Bertz CT molecular complexity index is 603. The normalized spacial score (nSPS) is 10.3. The molecule has 0 aliphatic rings. The fraction of sp³-hybridized carbons (Fsp3) is 0. The molecule has 5 nitrogen and oxygen atoms in total. The molecule has 1 N–H and O–H groups in total. The van der Waals surface area contributed by atoms with Crippen molar-refractivity contribution in [2.45, 2.75) is 0 Å². The zero-order valence-corrected chi connectivity index (χ0v) is 7.65. The molecule has 6 heteroatoms. The van der Waals surface area contributed by atoms with E-state index in [9.17, 15) is 13.5 Å². The van der Waals surface area contributed by atoms with Crippen LogP contribution in [0.2, 0.25) is 0 Å². The van der Waals surface area contributed by atoms with Crippen LogP contribution >= 0.6 is 0 Å². The molecule has 0 radical (unpaired) electrons. The van der Waals surface area contributed by atoms with Crippen LogP contribution in [-0.4, -0.2) is 13.5 Å². The minimum atomic E-state index is -2.61. The van der Waals surface area contributed by atoms with Crippen molar-refractivity contribution in [2.75, 3.05) is 0 Å². The molecule has 0 aliphatic carbocycles. The third-order valence-corrected chi connectivity index (χ3v) is 2.05. The van der Waals surface area contributed by atoms with Gasteiger partial charge in [-0.2, -0.15) is 8.42 Å². The predicted octanol–water partition coefficient (Wildman–Crippen LogP) is 1.83. The van der Waals surface area contributed by atoms with Crippen LogP contribution in [0.3, 0.4) is 0 Å². The molecule has 0 atom stereocenters. The zero-order valence-electron chi connectivity index (χ0n) is 6.84. The van der Waals surface area contributed by atoms with Crippen LogP contribution in [0.25, 0.3) is 11.0 Å². The van der Waals surface area contributed by atoms with Crippen molar-refractivity contribution in [3.8, 4) is 5.95 Å². The van der Waals surface area contributed by atoms with Crippen molar-refractivity contribution in [1.29, 1.82) is 0 Å². The first-order valence-corrected chi connectivity index (χ1v) is 4.73. The molecular weight excluding hydrogens is 206 g/mol. The summed E-state index contributed by atoms with van der Waals surface area (Å²) in [6.45, 7) is 0. The molecule has 2 aromatic rings. The minimum Gasteiger partial charge on any atom is -0.479 e. The largest absolute Gasteiger partial charge is 0.479 e. The monoisotopic (exact) mass is 211 g/mol. The maximum atomic E-state index is 10.3. The molecule has 0 bridgehead atoms. The van der Waals surface area contributed by atoms with Gasteiger partial charge in [0.05, 0.1) is 5.39 Å². The van der Waals surface area contributed by atoms with Gasteiger partial charge in [-0.05, 0) is 12.1 Å². The summed E-state index contributed by atoms with van der Waals surface area (Å²) in [6, 6.07) is 6.64. The first-order valence-electron chi connectivity index (χ1n) is 3.70. The van der Waals surface area contributed by atoms with Gasteiger partial charge in [-0.15, -0.1) is 4.36 Å². The Morgan fingerprint density at radius 2 is 2.00 bits per heavy atom. The molecule has 0 fully saturated rings. The van der Waals surface area contributed by atoms with Crippen LogP contribution in [-0.2, 0) is 10.5 Å². The number of benzene rings is 1. The van der Waals surface area contributed by atoms with Gasteiger partial charge in [0, 0.05) is 0 Å². The van der Waals surface area contributed by atoms with Crippen molar-refractivity contribution >= 4 is 27.2 Å². The summed E-state index contributed by atoms with van der Waals surface area (Å²) in [5.41, 5.74) is 0.336. The maximum absolute atomic E-state index is 10.3. The van der Waals surface area contributed by atoms with E-state index >= 15 is 0 Å². The van der Waals surface area contributed by atoms with E-state index < -0.39 is 16.4 Å². The maximum Gasteiger partial charge on any atom is 0.316 e. The molecule has 1 aromatic heterocycles. The van der Waals surface area contributed by atoms with Crippen LogP contribution < -0.4 is 0 Å². The number of aromatic hydroxyl groups is 1. The Balaban J connectivity index is 2.87. The summed E-state index contributed by atoms with van der Waals surface area (Å²) in [5.74, 6) is -0.490. The third kappa shape index (κ3) is 1.35. The van der Waals surface area contributed by atoms with Gasteiger partial charge >= 0.3 is 16.4 Å². The molecule has 0 unspecified atom stereocenters. The van der Waals surface area contributed by atoms with E-state index in [2.05, 4.69) is 4.36 Å². The van der Waals surface area contributed by atoms with Crippen molar-refractivity contribution in [2.24, 2.45) is 4.36 Å². The zero-order chi connectivity index (χ0) is 10.1. The highest BCUT2D eigenvalue weighted by atomic mass is 32.2. The Hall–Kier alpha value is -1.82. The van der Waals surface area contributed by atoms with E-state index in [1.54, 1.807) is 24.3 Å². The topological polar surface area (TPSA) is 79.9 Å². The van der Waals surface area contributed by atoms with Gasteiger partial charge in [0.15, 0.2) is 5.69 Å². The summed E-state index contributed by atoms with van der Waals surface area (Å²) in [4.78, 5) is 0. The van der Waals surface area contributed by atoms with Gasteiger partial charge in [0.2, 0.25) is 0 Å². The van der Waals surface area contributed by atoms with Gasteiger partial charge in [-0.25, -0.2) is 0 Å². The first kappa shape index (κ1) is 8.76. The van der Waals surface area contributed by atoms with E-state index in [1.165, 1.54) is 0 Å². The molecule has 14 heavy (non-hydrogen) atoms. The van der Waals surface area contributed by atoms with Crippen molar-refractivity contribution in [3.63, 3.8) is 0 Å². The Labute approximate surface area is 80.3 Å². The highest BCUT2D eigenvalue weighted by Gasteiger charge is 2.12. The lowest BCUT2D eigenvalue weighted by atomic mass is 10.2. The molecule has 0 aliphatic heterocycles. The molecule has 0 spiro atoms. The van der Waals surface area contributed by atoms with Gasteiger partial charge in [-0.3, -0.25) is 0 Å². The Morgan fingerprint density at radius 3 is 2.71 bits per heavy atom. The Kier molecular flexibility index (Phi) is 1.97. The molecule has 1 aromatic carbocycles. The lowest BCUT2D eigenvalue weighted by molar-refractivity contribution is 0.348. The number of furan rings is 1. The minimum absolute atomic E-state index is 0.0612. The molecular formula is C8H5NO4S. The second kappa shape index (κ2) is 3.15. The summed E-state index contributed by atoms with van der Waals surface area (Å²) in [6.07, 6.45) is 0. The smallest absolute Gasteiger partial charge is 0.316 e. The van der Waals surface area contributed by atoms with E-state index in [4.69, 9.17) is 4.42 Å². The van der Waals surface area contributed by atoms with E-state index in [0.717, 1.165) is 0 Å². The number of para-hydroxylation sites is 1. The van der Waals surface area contributed by atoms with Gasteiger partial charge in [0.1, 0.15) is 5.58 Å². The Morgan fingerprint density at radius 1 is 1.29 bits per heavy atom. The molecule has 0 saturated heterocycles. The van der Waals surface area contributed by atoms with Gasteiger partial charge < -0.3 is 9.52 Å². The molecule has 0 amide bonds. The third-order valence-electron chi connectivity index (χ3n) is 1.72. The highest BCUT2D eigenvalue weighted by Crippen LogP contribution is 2.37. The standard InChI is InChI=1S/C8H5NO4S/c10-8-7(9-14(11)12)5-3-1-2-4-6(5)13-8/h1-4,10H. The predicted molar refractivity (Wildman–Crippen MR) is 48.9 cm³/mol. The molecule has 72 valence electrons. The highest BCUT2D eigenvalue weighted by molar-refractivity contribution is 7.61. The lowest BCUT2D eigenvalue weighted by Crippen LogP contribution is -1.63. The summed E-state index contributed by atoms with van der Waals surface area (Å²) in [5, 5.41) is 9.72. The fourth-order valence-electron chi connectivity index (χ4n) is 1.18. The number of nitrogens with zero attached hydrogens (tertiary/aromatic N) is 1. The average Bonchev–Trinajstić information content (AvgIpc) is 2.43. The lowest BCUT2D eigenvalue weighted by Gasteiger charge is -1.84. The average molecular weight is 211 g/mol. The van der Waals surface area contributed by atoms with Crippen molar-refractivity contribution < 1.29 is 17.9 Å². The molecule has 0 saturated carbocycles. The summed E-state index contributed by atoms with van der Waals surface area (Å²) < 4.78 is 28.8. The van der Waals surface area contributed by atoms with Gasteiger partial charge in [0.25, 0.3) is 0 Å². The first-order chi connectivity index (χ1) is 6.68. The van der Waals surface area contributed by atoms with Crippen LogP contribution in [0.4, 0.5) is 5.69 Å². The molecule has 1 heterocycles. The van der Waals surface area contributed by atoms with Crippen LogP contribution in [0.5, 0.6) is 5.95 Å². The summed E-state index contributed by atoms with van der Waals surface area (Å²) >= 11 is 0. The quantitative estimate of drug-likeness (QED) is 0.780. The van der Waals surface area contributed by atoms with E-state index in [1.807, 2.05) is 0 Å². The molecule has 2 rings (SSSR count). The fourth-order valence-corrected chi connectivity index (χ4v) is 1.51. The second-order valence-corrected chi connectivity index (χ2v) is 3.18. The van der Waals surface area contributed by atoms with Gasteiger partial charge in [-0.1, -0.05) is 12.1 Å². The number of fused-ring (bicyclic) bond motifs is 1. The van der Waals surface area contributed by atoms with Crippen molar-refractivity contribution in [1.82, 2.24) is 0 Å². The second-order valence-electron chi connectivity index (χ2n) is 2.56. The summed E-state index contributed by atoms with van der Waals surface area (Å²) in [7, 11) is -2.61. The number of hydrogen-bond donors (Lipinski definition) is 1. The number of rotatable bonds is 1. The van der Waals surface area contributed by atoms with E-state index in [0.29, 0.717) is 11.0 Å². The SMILES string of the molecule is O=S(=O)=Nc1c(O)oc2ccccc12. The van der Waals surface area contributed by atoms with Crippen LogP contribution in [0, 0.1) is 0 Å².